The van der Waals surface area contributed by atoms with Gasteiger partial charge < -0.3 is 0 Å². The maximum Gasteiger partial charge on any atom is 0.245 e. The van der Waals surface area contributed by atoms with Crippen molar-refractivity contribution in [1.82, 2.24) is 5.06 Å². The van der Waals surface area contributed by atoms with Gasteiger partial charge in [-0.05, 0) is 17.3 Å². The summed E-state index contributed by atoms with van der Waals surface area (Å²) in [6, 6.07) is 0. The number of hydrogen-bond acceptors (Lipinski definition) is 2. The second-order valence-electron chi connectivity index (χ2n) is 2.93. The quantitative estimate of drug-likeness (QED) is 0.313. The number of carbonyl (C=O) groups is 1. The fourth-order valence-electron chi connectivity index (χ4n) is 0.984. The van der Waals surface area contributed by atoms with Crippen LogP contribution in [0.5, 0.6) is 0 Å². The Balaban J connectivity index is 3.27. The molecule has 0 saturated heterocycles. The molecule has 0 unspecified atom stereocenters. The zero-order valence-corrected chi connectivity index (χ0v) is 10.5. The largest absolute Gasteiger partial charge is 0.275 e. The third-order valence-corrected chi connectivity index (χ3v) is 2.66. The number of unbranched alkanes of at least 4 members (excludes halogenated alkanes) is 3. The molecular formula is C9H18INO2. The normalized spacial score (nSPS) is 10.1. The van der Waals surface area contributed by atoms with Crippen LogP contribution in [-0.2, 0) is 9.63 Å². The molecule has 3 nitrogen and oxygen atoms in total. The molecule has 0 fully saturated rings. The van der Waals surface area contributed by atoms with Gasteiger partial charge in [0, 0.05) is 13.5 Å². The lowest BCUT2D eigenvalue weighted by Crippen LogP contribution is -2.24. The fraction of sp³-hybridized carbons (Fsp3) is 0.889. The van der Waals surface area contributed by atoms with Crippen molar-refractivity contribution in [3.63, 3.8) is 0 Å². The molecule has 0 radical (unpaired) electrons. The van der Waals surface area contributed by atoms with E-state index in [4.69, 9.17) is 4.84 Å². The molecule has 0 atom stereocenters. The third kappa shape index (κ3) is 7.25. The summed E-state index contributed by atoms with van der Waals surface area (Å²) in [5, 5.41) is 1.29. The second kappa shape index (κ2) is 8.74. The van der Waals surface area contributed by atoms with Crippen molar-refractivity contribution >= 4 is 28.5 Å². The first-order valence-electron chi connectivity index (χ1n) is 4.59. The molecule has 0 rings (SSSR count). The van der Waals surface area contributed by atoms with E-state index in [1.54, 1.807) is 7.05 Å². The molecule has 0 aliphatic heterocycles. The zero-order valence-electron chi connectivity index (χ0n) is 8.38. The Morgan fingerprint density at radius 1 is 1.31 bits per heavy atom. The molecule has 0 aliphatic rings. The Hall–Kier alpha value is 0.160. The number of nitrogens with zero attached hydrogens (tertiary/aromatic N) is 1. The molecule has 0 N–H and O–H groups in total. The van der Waals surface area contributed by atoms with Crippen LogP contribution in [0.2, 0.25) is 0 Å². The number of carbonyl (C=O) groups excluding carboxylic acids is 1. The predicted molar refractivity (Wildman–Crippen MR) is 61.8 cm³/mol. The molecule has 0 aromatic carbocycles. The van der Waals surface area contributed by atoms with Gasteiger partial charge in [0.25, 0.3) is 0 Å². The van der Waals surface area contributed by atoms with E-state index in [0.29, 0.717) is 6.42 Å². The average Bonchev–Trinajstić information content (AvgIpc) is 2.16. The van der Waals surface area contributed by atoms with E-state index < -0.39 is 0 Å². The van der Waals surface area contributed by atoms with Crippen LogP contribution in [0.1, 0.15) is 32.1 Å². The molecular weight excluding hydrogens is 281 g/mol. The molecule has 0 spiro atoms. The van der Waals surface area contributed by atoms with Crippen LogP contribution >= 0.6 is 22.6 Å². The van der Waals surface area contributed by atoms with Gasteiger partial charge in [0.05, 0.1) is 7.11 Å². The van der Waals surface area contributed by atoms with Crippen LogP contribution in [0.15, 0.2) is 0 Å². The van der Waals surface area contributed by atoms with Crippen LogP contribution in [-0.4, -0.2) is 29.6 Å². The average molecular weight is 299 g/mol. The molecule has 0 bridgehead atoms. The van der Waals surface area contributed by atoms with E-state index in [0.717, 1.165) is 12.8 Å². The number of amides is 1. The Morgan fingerprint density at radius 3 is 2.46 bits per heavy atom. The Labute approximate surface area is 93.9 Å². The highest BCUT2D eigenvalue weighted by atomic mass is 127. The number of halogens is 1. The molecule has 1 amide bonds. The van der Waals surface area contributed by atoms with E-state index in [1.807, 2.05) is 0 Å². The lowest BCUT2D eigenvalue weighted by molar-refractivity contribution is -0.168. The topological polar surface area (TPSA) is 29.5 Å². The molecule has 0 aromatic rings. The second-order valence-corrected chi connectivity index (χ2v) is 4.01. The van der Waals surface area contributed by atoms with Crippen molar-refractivity contribution in [1.29, 1.82) is 0 Å². The number of hydrogen-bond donors (Lipinski definition) is 0. The smallest absolute Gasteiger partial charge is 0.245 e. The Bertz CT molecular complexity index is 142. The summed E-state index contributed by atoms with van der Waals surface area (Å²) in [5.74, 6) is 0.0666. The monoisotopic (exact) mass is 299 g/mol. The van der Waals surface area contributed by atoms with Gasteiger partial charge in [-0.25, -0.2) is 5.06 Å². The van der Waals surface area contributed by atoms with Gasteiger partial charge in [0.2, 0.25) is 5.91 Å². The predicted octanol–water partition coefficient (Wildman–Crippen LogP) is 2.39. The minimum atomic E-state index is 0.0666. The van der Waals surface area contributed by atoms with Crippen LogP contribution in [0, 0.1) is 0 Å². The van der Waals surface area contributed by atoms with Gasteiger partial charge >= 0.3 is 0 Å². The maximum absolute atomic E-state index is 11.2. The van der Waals surface area contributed by atoms with Crippen LogP contribution < -0.4 is 0 Å². The lowest BCUT2D eigenvalue weighted by atomic mass is 10.1. The van der Waals surface area contributed by atoms with Crippen molar-refractivity contribution in [3.8, 4) is 0 Å². The summed E-state index contributed by atoms with van der Waals surface area (Å²) in [6.07, 6.45) is 5.21. The van der Waals surface area contributed by atoms with Crippen molar-refractivity contribution in [2.24, 2.45) is 0 Å². The van der Waals surface area contributed by atoms with E-state index in [-0.39, 0.29) is 5.91 Å². The minimum absolute atomic E-state index is 0.0666. The SMILES string of the molecule is CON(C)C(=O)CCCCCCI. The van der Waals surface area contributed by atoms with Crippen molar-refractivity contribution < 1.29 is 9.63 Å². The number of hydroxylamine groups is 2. The van der Waals surface area contributed by atoms with Gasteiger partial charge in [-0.2, -0.15) is 0 Å². The van der Waals surface area contributed by atoms with Crippen LogP contribution in [0.4, 0.5) is 0 Å². The highest BCUT2D eigenvalue weighted by Crippen LogP contribution is 2.06. The summed E-state index contributed by atoms with van der Waals surface area (Å²) in [5.41, 5.74) is 0. The summed E-state index contributed by atoms with van der Waals surface area (Å²) in [6.45, 7) is 0. The molecule has 13 heavy (non-hydrogen) atoms. The Kier molecular flexibility index (Phi) is 8.85. The van der Waals surface area contributed by atoms with Crippen molar-refractivity contribution in [3.05, 3.63) is 0 Å². The van der Waals surface area contributed by atoms with Gasteiger partial charge in [0.15, 0.2) is 0 Å². The molecule has 0 aliphatic carbocycles. The molecule has 0 saturated carbocycles. The maximum atomic E-state index is 11.2. The first-order chi connectivity index (χ1) is 6.22. The first-order valence-corrected chi connectivity index (χ1v) is 6.11. The van der Waals surface area contributed by atoms with Crippen LogP contribution in [0.25, 0.3) is 0 Å². The highest BCUT2D eigenvalue weighted by Gasteiger charge is 2.05. The summed E-state index contributed by atoms with van der Waals surface area (Å²) < 4.78 is 1.21. The molecule has 4 heteroatoms. The summed E-state index contributed by atoms with van der Waals surface area (Å²) >= 11 is 2.37. The van der Waals surface area contributed by atoms with Crippen LogP contribution in [0.3, 0.4) is 0 Å². The van der Waals surface area contributed by atoms with Gasteiger partial charge in [-0.1, -0.05) is 35.4 Å². The van der Waals surface area contributed by atoms with E-state index in [9.17, 15) is 4.79 Å². The van der Waals surface area contributed by atoms with E-state index >= 15 is 0 Å². The van der Waals surface area contributed by atoms with Gasteiger partial charge in [-0.3, -0.25) is 9.63 Å². The zero-order chi connectivity index (χ0) is 10.1. The molecule has 0 aromatic heterocycles. The molecule has 78 valence electrons. The fourth-order valence-corrected chi connectivity index (χ4v) is 1.52. The Morgan fingerprint density at radius 2 is 1.92 bits per heavy atom. The first kappa shape index (κ1) is 13.2. The standard InChI is InChI=1S/C9H18INO2/c1-11(13-2)9(12)7-5-3-4-6-8-10/h3-8H2,1-2H3. The summed E-state index contributed by atoms with van der Waals surface area (Å²) in [4.78, 5) is 16.0. The highest BCUT2D eigenvalue weighted by molar-refractivity contribution is 14.1. The van der Waals surface area contributed by atoms with Gasteiger partial charge in [0.1, 0.15) is 0 Å². The van der Waals surface area contributed by atoms with Crippen molar-refractivity contribution in [2.45, 2.75) is 32.1 Å². The van der Waals surface area contributed by atoms with Crippen molar-refractivity contribution in [2.75, 3.05) is 18.6 Å². The van der Waals surface area contributed by atoms with E-state index in [2.05, 4.69) is 22.6 Å². The number of alkyl halides is 1. The third-order valence-electron chi connectivity index (χ3n) is 1.90. The summed E-state index contributed by atoms with van der Waals surface area (Å²) in [7, 11) is 3.15. The molecule has 0 heterocycles. The van der Waals surface area contributed by atoms with Gasteiger partial charge in [-0.15, -0.1) is 0 Å². The minimum Gasteiger partial charge on any atom is -0.275 e. The van der Waals surface area contributed by atoms with E-state index in [1.165, 1.54) is 29.4 Å². The lowest BCUT2D eigenvalue weighted by Gasteiger charge is -2.12. The number of rotatable bonds is 7.